The first kappa shape index (κ1) is 15.8. The second-order valence-electron chi connectivity index (χ2n) is 7.79. The van der Waals surface area contributed by atoms with Gasteiger partial charge < -0.3 is 0 Å². The summed E-state index contributed by atoms with van der Waals surface area (Å²) in [5.74, 6) is 4.45. The van der Waals surface area contributed by atoms with Crippen LogP contribution in [0.25, 0.3) is 0 Å². The second kappa shape index (κ2) is 6.91. The molecule has 2 aliphatic rings. The van der Waals surface area contributed by atoms with E-state index in [1.165, 1.54) is 25.7 Å². The molecule has 0 radical (unpaired) electrons. The molecule has 0 saturated heterocycles. The van der Waals surface area contributed by atoms with Gasteiger partial charge in [0.2, 0.25) is 0 Å². The van der Waals surface area contributed by atoms with E-state index in [0.717, 1.165) is 30.6 Å². The minimum absolute atomic E-state index is 0.301. The zero-order chi connectivity index (χ0) is 14.7. The van der Waals surface area contributed by atoms with Crippen LogP contribution in [0.3, 0.4) is 0 Å². The summed E-state index contributed by atoms with van der Waals surface area (Å²) in [4.78, 5) is 12.4. The molecular formula is C19H32O. The molecule has 2 fully saturated rings. The normalized spacial score (nSPS) is 42.8. The summed E-state index contributed by atoms with van der Waals surface area (Å²) in [6.07, 6.45) is 11.5. The van der Waals surface area contributed by atoms with Crippen LogP contribution in [0.15, 0.2) is 12.2 Å². The van der Waals surface area contributed by atoms with Crippen molar-refractivity contribution in [3.8, 4) is 0 Å². The third-order valence-electron chi connectivity index (χ3n) is 6.01. The summed E-state index contributed by atoms with van der Waals surface area (Å²) < 4.78 is 0. The average Bonchev–Trinajstić information content (AvgIpc) is 2.40. The lowest BCUT2D eigenvalue weighted by molar-refractivity contribution is -0.119. The first-order valence-corrected chi connectivity index (χ1v) is 8.69. The van der Waals surface area contributed by atoms with Gasteiger partial charge in [0.05, 0.1) is 0 Å². The summed E-state index contributed by atoms with van der Waals surface area (Å²) >= 11 is 0. The fourth-order valence-electron chi connectivity index (χ4n) is 4.14. The van der Waals surface area contributed by atoms with Crippen LogP contribution in [-0.4, -0.2) is 5.78 Å². The molecule has 114 valence electrons. The summed E-state index contributed by atoms with van der Waals surface area (Å²) in [5, 5.41) is 0. The molecule has 6 unspecified atom stereocenters. The molecule has 1 nitrogen and oxygen atoms in total. The van der Waals surface area contributed by atoms with Gasteiger partial charge in [-0.25, -0.2) is 0 Å². The Hall–Kier alpha value is -0.590. The smallest absolute Gasteiger partial charge is 0.158 e. The maximum absolute atomic E-state index is 12.4. The van der Waals surface area contributed by atoms with Crippen LogP contribution in [0.4, 0.5) is 0 Å². The summed E-state index contributed by atoms with van der Waals surface area (Å²) in [7, 11) is 0. The van der Waals surface area contributed by atoms with Gasteiger partial charge in [0.1, 0.15) is 0 Å². The van der Waals surface area contributed by atoms with Gasteiger partial charge in [-0.1, -0.05) is 40.2 Å². The van der Waals surface area contributed by atoms with Crippen LogP contribution < -0.4 is 0 Å². The zero-order valence-electron chi connectivity index (χ0n) is 13.8. The van der Waals surface area contributed by atoms with Gasteiger partial charge in [-0.3, -0.25) is 4.79 Å². The highest BCUT2D eigenvalue weighted by atomic mass is 16.1. The van der Waals surface area contributed by atoms with Crippen molar-refractivity contribution in [2.75, 3.05) is 0 Å². The van der Waals surface area contributed by atoms with E-state index in [0.29, 0.717) is 23.5 Å². The highest BCUT2D eigenvalue weighted by Crippen LogP contribution is 2.36. The zero-order valence-corrected chi connectivity index (χ0v) is 13.8. The number of carbonyl (C=O) groups is 1. The van der Waals surface area contributed by atoms with Crippen molar-refractivity contribution < 1.29 is 4.79 Å². The predicted octanol–water partition coefficient (Wildman–Crippen LogP) is 5.26. The molecule has 0 heterocycles. The first-order chi connectivity index (χ1) is 9.47. The van der Waals surface area contributed by atoms with Gasteiger partial charge in [0, 0.05) is 5.92 Å². The Morgan fingerprint density at radius 2 is 1.60 bits per heavy atom. The van der Waals surface area contributed by atoms with E-state index in [-0.39, 0.29) is 0 Å². The van der Waals surface area contributed by atoms with Gasteiger partial charge in [-0.15, -0.1) is 0 Å². The van der Waals surface area contributed by atoms with Crippen molar-refractivity contribution in [1.82, 2.24) is 0 Å². The van der Waals surface area contributed by atoms with Crippen LogP contribution in [0.1, 0.15) is 66.2 Å². The van der Waals surface area contributed by atoms with Gasteiger partial charge >= 0.3 is 0 Å². The molecule has 0 N–H and O–H groups in total. The van der Waals surface area contributed by atoms with Crippen LogP contribution in [-0.2, 0) is 4.79 Å². The minimum atomic E-state index is 0.301. The van der Waals surface area contributed by atoms with Crippen LogP contribution in [0, 0.1) is 35.5 Å². The molecule has 0 bridgehead atoms. The fourth-order valence-corrected chi connectivity index (χ4v) is 4.14. The van der Waals surface area contributed by atoms with E-state index >= 15 is 0 Å². The molecule has 0 aliphatic heterocycles. The summed E-state index contributed by atoms with van der Waals surface area (Å²) in [6.45, 7) is 9.33. The van der Waals surface area contributed by atoms with Crippen LogP contribution >= 0.6 is 0 Å². The lowest BCUT2D eigenvalue weighted by atomic mass is 9.73. The lowest BCUT2D eigenvalue weighted by Crippen LogP contribution is -2.26. The van der Waals surface area contributed by atoms with Crippen molar-refractivity contribution in [3.05, 3.63) is 12.2 Å². The van der Waals surface area contributed by atoms with Gasteiger partial charge in [0.15, 0.2) is 5.78 Å². The largest absolute Gasteiger partial charge is 0.295 e. The molecule has 1 heteroatoms. The number of ketones is 1. The minimum Gasteiger partial charge on any atom is -0.295 e. The molecule has 0 amide bonds. The molecule has 0 aromatic carbocycles. The molecule has 0 spiro atoms. The Labute approximate surface area is 125 Å². The van der Waals surface area contributed by atoms with Crippen LogP contribution in [0.5, 0.6) is 0 Å². The number of carbonyl (C=O) groups excluding carboxylic acids is 1. The predicted molar refractivity (Wildman–Crippen MR) is 85.5 cm³/mol. The molecular weight excluding hydrogens is 244 g/mol. The Bertz CT molecular complexity index is 357. The SMILES string of the molecule is CC1CCC(C=CC(=O)C2CCC(C)C(C)C2)C(C)C1. The quantitative estimate of drug-likeness (QED) is 0.643. The lowest BCUT2D eigenvalue weighted by Gasteiger charge is -2.32. The Balaban J connectivity index is 1.86. The molecule has 0 aromatic rings. The monoisotopic (exact) mass is 276 g/mol. The van der Waals surface area contributed by atoms with Crippen molar-refractivity contribution >= 4 is 5.78 Å². The fraction of sp³-hybridized carbons (Fsp3) is 0.842. The molecule has 0 aromatic heterocycles. The Kier molecular flexibility index (Phi) is 5.46. The first-order valence-electron chi connectivity index (χ1n) is 8.69. The highest BCUT2D eigenvalue weighted by Gasteiger charge is 2.28. The van der Waals surface area contributed by atoms with E-state index in [1.807, 2.05) is 6.08 Å². The van der Waals surface area contributed by atoms with E-state index in [2.05, 4.69) is 33.8 Å². The van der Waals surface area contributed by atoms with E-state index in [1.54, 1.807) is 0 Å². The highest BCUT2D eigenvalue weighted by molar-refractivity contribution is 5.91. The van der Waals surface area contributed by atoms with Gasteiger partial charge in [0.25, 0.3) is 0 Å². The van der Waals surface area contributed by atoms with Crippen molar-refractivity contribution in [2.24, 2.45) is 35.5 Å². The standard InChI is InChI=1S/C19H32O/c1-13-5-7-17(16(4)11-13)9-10-19(20)18-8-6-14(2)15(3)12-18/h9-10,13-18H,5-8,11-12H2,1-4H3. The van der Waals surface area contributed by atoms with E-state index in [4.69, 9.17) is 0 Å². The second-order valence-corrected chi connectivity index (χ2v) is 7.79. The van der Waals surface area contributed by atoms with Crippen molar-refractivity contribution in [2.45, 2.75) is 66.2 Å². The van der Waals surface area contributed by atoms with Crippen LogP contribution in [0.2, 0.25) is 0 Å². The summed E-state index contributed by atoms with van der Waals surface area (Å²) in [6, 6.07) is 0. The number of allylic oxidation sites excluding steroid dienone is 2. The van der Waals surface area contributed by atoms with Crippen molar-refractivity contribution in [1.29, 1.82) is 0 Å². The Morgan fingerprint density at radius 1 is 0.850 bits per heavy atom. The topological polar surface area (TPSA) is 17.1 Å². The van der Waals surface area contributed by atoms with Gasteiger partial charge in [-0.05, 0) is 67.8 Å². The maximum Gasteiger partial charge on any atom is 0.158 e. The third-order valence-corrected chi connectivity index (χ3v) is 6.01. The third kappa shape index (κ3) is 3.96. The molecule has 2 aliphatic carbocycles. The van der Waals surface area contributed by atoms with E-state index < -0.39 is 0 Å². The molecule has 6 atom stereocenters. The number of hydrogen-bond donors (Lipinski definition) is 0. The van der Waals surface area contributed by atoms with Gasteiger partial charge in [-0.2, -0.15) is 0 Å². The number of hydrogen-bond acceptors (Lipinski definition) is 1. The Morgan fingerprint density at radius 3 is 2.25 bits per heavy atom. The molecule has 2 saturated carbocycles. The van der Waals surface area contributed by atoms with Crippen molar-refractivity contribution in [3.63, 3.8) is 0 Å². The molecule has 20 heavy (non-hydrogen) atoms. The number of rotatable bonds is 3. The average molecular weight is 276 g/mol. The molecule has 2 rings (SSSR count). The van der Waals surface area contributed by atoms with E-state index in [9.17, 15) is 4.79 Å². The maximum atomic E-state index is 12.4. The summed E-state index contributed by atoms with van der Waals surface area (Å²) in [5.41, 5.74) is 0.